The summed E-state index contributed by atoms with van der Waals surface area (Å²) >= 11 is 5.34. The first-order valence-corrected chi connectivity index (χ1v) is 12.5. The minimum absolute atomic E-state index is 0.0273. The molecule has 8 atom stereocenters. The number of rotatable bonds is 6. The van der Waals surface area contributed by atoms with Gasteiger partial charge in [-0.05, 0) is 33.1 Å². The highest BCUT2D eigenvalue weighted by Crippen LogP contribution is 2.68. The van der Waals surface area contributed by atoms with Crippen molar-refractivity contribution in [3.8, 4) is 0 Å². The topological polar surface area (TPSA) is 98.7 Å². The highest BCUT2D eigenvalue weighted by atomic mass is 79.9. The van der Waals surface area contributed by atoms with E-state index in [0.29, 0.717) is 6.42 Å². The minimum atomic E-state index is -0.718. The molecule has 3 aliphatic rings. The fourth-order valence-electron chi connectivity index (χ4n) is 5.44. The Morgan fingerprint density at radius 2 is 2.00 bits per heavy atom. The largest absolute Gasteiger partial charge is 0.394 e. The van der Waals surface area contributed by atoms with E-state index in [0.717, 1.165) is 6.42 Å². The lowest BCUT2D eigenvalue weighted by molar-refractivity contribution is -0.144. The first-order valence-electron chi connectivity index (χ1n) is 10.7. The molecule has 0 aromatic carbocycles. The van der Waals surface area contributed by atoms with Crippen LogP contribution in [0.5, 0.6) is 0 Å². The Kier molecular flexibility index (Phi) is 6.58. The smallest absolute Gasteiger partial charge is 0.244 e. The number of halogens is 1. The summed E-state index contributed by atoms with van der Waals surface area (Å²) in [4.78, 5) is 41.9. The van der Waals surface area contributed by atoms with Crippen LogP contribution in [0.1, 0.15) is 47.5 Å². The van der Waals surface area contributed by atoms with Crippen LogP contribution in [0.25, 0.3) is 0 Å². The van der Waals surface area contributed by atoms with Crippen LogP contribution in [0.15, 0.2) is 0 Å². The van der Waals surface area contributed by atoms with Gasteiger partial charge in [0.1, 0.15) is 6.04 Å². The third-order valence-electron chi connectivity index (χ3n) is 6.87. The average Bonchev–Trinajstić information content (AvgIpc) is 3.24. The molecule has 3 amide bonds. The second-order valence-corrected chi connectivity index (χ2v) is 12.6. The zero-order valence-electron chi connectivity index (χ0n) is 18.6. The number of carbonyl (C=O) groups is 3. The number of aliphatic hydroxyl groups excluding tert-OH is 1. The number of carbonyl (C=O) groups excluding carboxylic acids is 3. The summed E-state index contributed by atoms with van der Waals surface area (Å²) in [5.74, 6) is -1.55. The third kappa shape index (κ3) is 3.58. The van der Waals surface area contributed by atoms with Gasteiger partial charge in [0.2, 0.25) is 17.7 Å². The Morgan fingerprint density at radius 3 is 2.50 bits per heavy atom. The van der Waals surface area contributed by atoms with Gasteiger partial charge >= 0.3 is 0 Å². The molecular formula is C21H34BrN3O4S. The van der Waals surface area contributed by atoms with Gasteiger partial charge in [0, 0.05) is 22.7 Å². The molecule has 3 fully saturated rings. The molecule has 9 heteroatoms. The lowest BCUT2D eigenvalue weighted by Gasteiger charge is -2.40. The van der Waals surface area contributed by atoms with Crippen LogP contribution in [-0.2, 0) is 14.4 Å². The number of thioether (sulfide) groups is 1. The van der Waals surface area contributed by atoms with Gasteiger partial charge in [-0.3, -0.25) is 14.4 Å². The standard InChI is InChI=1S/C21H34BrN3O4S/c1-7-10(2)12(9-26)25-16(18(28)24-20(3,4)5)21-8-11(22)15(30-21)13(17(27)23-6)14(21)19(25)29/h10-16,26H,7-9H2,1-6H3,(H,23,27)(H,24,28)/t10-,11?,12-,13-,14-,15-,16?,21?/m0/s1. The normalized spacial score (nSPS) is 37.1. The van der Waals surface area contributed by atoms with Gasteiger partial charge < -0.3 is 20.6 Å². The van der Waals surface area contributed by atoms with Crippen molar-refractivity contribution in [1.82, 2.24) is 15.5 Å². The summed E-state index contributed by atoms with van der Waals surface area (Å²) in [7, 11) is 1.59. The molecule has 0 radical (unpaired) electrons. The molecule has 170 valence electrons. The van der Waals surface area contributed by atoms with Crippen molar-refractivity contribution in [2.45, 2.75) is 79.9 Å². The number of alkyl halides is 1. The van der Waals surface area contributed by atoms with Gasteiger partial charge in [-0.25, -0.2) is 0 Å². The summed E-state index contributed by atoms with van der Waals surface area (Å²) in [5, 5.41) is 16.0. The predicted octanol–water partition coefficient (Wildman–Crippen LogP) is 1.52. The van der Waals surface area contributed by atoms with Gasteiger partial charge in [0.05, 0.1) is 29.2 Å². The summed E-state index contributed by atoms with van der Waals surface area (Å²) in [6.45, 7) is 9.54. The van der Waals surface area contributed by atoms with Crippen LogP contribution in [0.3, 0.4) is 0 Å². The second kappa shape index (κ2) is 8.28. The summed E-state index contributed by atoms with van der Waals surface area (Å²) in [6, 6.07) is -1.18. The highest BCUT2D eigenvalue weighted by Gasteiger charge is 2.76. The zero-order chi connectivity index (χ0) is 22.6. The van der Waals surface area contributed by atoms with Crippen LogP contribution in [-0.4, -0.2) is 73.8 Å². The minimum Gasteiger partial charge on any atom is -0.394 e. The molecule has 1 spiro atoms. The monoisotopic (exact) mass is 503 g/mol. The SMILES string of the molecule is CC[C@H](C)[C@H](CO)N1C(=O)[C@@H]2[C@H](C(=O)NC)[C@H]3SC2(CC3Br)C1C(=O)NC(C)(C)C. The maximum Gasteiger partial charge on any atom is 0.244 e. The number of nitrogens with zero attached hydrogens (tertiary/aromatic N) is 1. The summed E-state index contributed by atoms with van der Waals surface area (Å²) in [6.07, 6.45) is 1.42. The molecular weight excluding hydrogens is 470 g/mol. The first kappa shape index (κ1) is 23.9. The predicted molar refractivity (Wildman–Crippen MR) is 121 cm³/mol. The molecule has 0 aromatic heterocycles. The molecule has 0 aliphatic carbocycles. The average molecular weight is 504 g/mol. The molecule has 30 heavy (non-hydrogen) atoms. The Labute approximate surface area is 191 Å². The van der Waals surface area contributed by atoms with Gasteiger partial charge in [0.15, 0.2) is 0 Å². The number of amides is 3. The number of fused-ring (bicyclic) bond motifs is 1. The van der Waals surface area contributed by atoms with Gasteiger partial charge in [0.25, 0.3) is 0 Å². The summed E-state index contributed by atoms with van der Waals surface area (Å²) in [5.41, 5.74) is -0.457. The Balaban J connectivity index is 2.13. The molecule has 7 nitrogen and oxygen atoms in total. The number of nitrogens with one attached hydrogen (secondary N) is 2. The Hall–Kier alpha value is -0.800. The van der Waals surface area contributed by atoms with E-state index in [1.54, 1.807) is 23.7 Å². The van der Waals surface area contributed by atoms with E-state index in [1.807, 2.05) is 34.6 Å². The van der Waals surface area contributed by atoms with Crippen molar-refractivity contribution >= 4 is 45.4 Å². The molecule has 0 aromatic rings. The van der Waals surface area contributed by atoms with E-state index >= 15 is 0 Å². The molecule has 2 bridgehead atoms. The lowest BCUT2D eigenvalue weighted by atomic mass is 9.70. The molecule has 3 N–H and O–H groups in total. The van der Waals surface area contributed by atoms with E-state index in [4.69, 9.17) is 0 Å². The van der Waals surface area contributed by atoms with Crippen molar-refractivity contribution in [3.05, 3.63) is 0 Å². The van der Waals surface area contributed by atoms with Crippen molar-refractivity contribution in [2.75, 3.05) is 13.7 Å². The highest BCUT2D eigenvalue weighted by molar-refractivity contribution is 9.09. The Morgan fingerprint density at radius 1 is 1.37 bits per heavy atom. The van der Waals surface area contributed by atoms with Crippen molar-refractivity contribution in [2.24, 2.45) is 17.8 Å². The second-order valence-electron chi connectivity index (χ2n) is 9.90. The fourth-order valence-corrected chi connectivity index (χ4v) is 9.04. The maximum atomic E-state index is 13.8. The van der Waals surface area contributed by atoms with Crippen molar-refractivity contribution in [3.63, 3.8) is 0 Å². The summed E-state index contributed by atoms with van der Waals surface area (Å²) < 4.78 is -0.677. The van der Waals surface area contributed by atoms with E-state index in [2.05, 4.69) is 26.6 Å². The number of hydrogen-bond acceptors (Lipinski definition) is 5. The molecule has 3 unspecified atom stereocenters. The van der Waals surface area contributed by atoms with E-state index in [-0.39, 0.29) is 40.3 Å². The maximum absolute atomic E-state index is 13.8. The Bertz CT molecular complexity index is 730. The molecule has 3 saturated heterocycles. The number of hydrogen-bond donors (Lipinski definition) is 3. The van der Waals surface area contributed by atoms with E-state index < -0.39 is 34.2 Å². The van der Waals surface area contributed by atoms with Crippen LogP contribution in [0.2, 0.25) is 0 Å². The van der Waals surface area contributed by atoms with Crippen molar-refractivity contribution in [1.29, 1.82) is 0 Å². The lowest BCUT2D eigenvalue weighted by Crippen LogP contribution is -2.60. The van der Waals surface area contributed by atoms with Gasteiger partial charge in [-0.1, -0.05) is 36.2 Å². The van der Waals surface area contributed by atoms with Crippen LogP contribution >= 0.6 is 27.7 Å². The van der Waals surface area contributed by atoms with Crippen molar-refractivity contribution < 1.29 is 19.5 Å². The number of likely N-dealkylation sites (tertiary alicyclic amines) is 1. The molecule has 0 saturated carbocycles. The van der Waals surface area contributed by atoms with Gasteiger partial charge in [-0.2, -0.15) is 0 Å². The first-order chi connectivity index (χ1) is 13.9. The van der Waals surface area contributed by atoms with E-state index in [1.165, 1.54) is 0 Å². The number of aliphatic hydroxyl groups is 1. The molecule has 3 rings (SSSR count). The van der Waals surface area contributed by atoms with Crippen LogP contribution < -0.4 is 10.6 Å². The fraction of sp³-hybridized carbons (Fsp3) is 0.857. The van der Waals surface area contributed by atoms with Gasteiger partial charge in [-0.15, -0.1) is 11.8 Å². The zero-order valence-corrected chi connectivity index (χ0v) is 21.0. The van der Waals surface area contributed by atoms with Crippen LogP contribution in [0.4, 0.5) is 0 Å². The molecule has 3 aliphatic heterocycles. The quantitative estimate of drug-likeness (QED) is 0.477. The third-order valence-corrected chi connectivity index (χ3v) is 10.1. The molecule has 3 heterocycles. The van der Waals surface area contributed by atoms with E-state index in [9.17, 15) is 19.5 Å². The van der Waals surface area contributed by atoms with Crippen LogP contribution in [0, 0.1) is 17.8 Å².